The fourth-order valence-corrected chi connectivity index (χ4v) is 2.13. The predicted octanol–water partition coefficient (Wildman–Crippen LogP) is 2.75. The van der Waals surface area contributed by atoms with Gasteiger partial charge in [0.05, 0.1) is 11.0 Å². The molecule has 1 heterocycles. The number of benzene rings is 1. The molecule has 3 nitrogen and oxygen atoms in total. The third-order valence-electron chi connectivity index (χ3n) is 2.99. The van der Waals surface area contributed by atoms with Gasteiger partial charge in [0.2, 0.25) is 0 Å². The molecule has 0 spiro atoms. The summed E-state index contributed by atoms with van der Waals surface area (Å²) < 4.78 is 2.12. The lowest BCUT2D eigenvalue weighted by Gasteiger charge is -2.10. The van der Waals surface area contributed by atoms with E-state index in [1.807, 2.05) is 0 Å². The van der Waals surface area contributed by atoms with E-state index in [2.05, 4.69) is 48.5 Å². The zero-order chi connectivity index (χ0) is 12.4. The first-order valence-electron chi connectivity index (χ1n) is 6.24. The van der Waals surface area contributed by atoms with Gasteiger partial charge in [-0.15, -0.1) is 0 Å². The van der Waals surface area contributed by atoms with Crippen molar-refractivity contribution in [1.29, 1.82) is 0 Å². The highest BCUT2D eigenvalue weighted by molar-refractivity contribution is 5.77. The molecular weight excluding hydrogens is 212 g/mol. The molecule has 0 unspecified atom stereocenters. The van der Waals surface area contributed by atoms with Crippen LogP contribution in [-0.2, 0) is 19.6 Å². The molecule has 0 saturated carbocycles. The van der Waals surface area contributed by atoms with Crippen molar-refractivity contribution in [2.45, 2.75) is 40.3 Å². The van der Waals surface area contributed by atoms with Crippen molar-refractivity contribution >= 4 is 11.0 Å². The quantitative estimate of drug-likeness (QED) is 0.880. The van der Waals surface area contributed by atoms with Gasteiger partial charge < -0.3 is 9.67 Å². The van der Waals surface area contributed by atoms with Gasteiger partial charge in [0.1, 0.15) is 12.4 Å². The Balaban J connectivity index is 2.55. The Hall–Kier alpha value is -1.35. The molecule has 2 aromatic rings. The van der Waals surface area contributed by atoms with E-state index in [4.69, 9.17) is 0 Å². The molecule has 2 rings (SSSR count). The summed E-state index contributed by atoms with van der Waals surface area (Å²) in [7, 11) is 0. The van der Waals surface area contributed by atoms with Crippen LogP contribution in [0, 0.1) is 5.92 Å². The van der Waals surface area contributed by atoms with Gasteiger partial charge in [-0.3, -0.25) is 0 Å². The first-order chi connectivity index (χ1) is 8.15. The molecule has 1 aromatic heterocycles. The van der Waals surface area contributed by atoms with E-state index < -0.39 is 0 Å². The van der Waals surface area contributed by atoms with E-state index in [9.17, 15) is 5.11 Å². The standard InChI is InChI=1S/C14H20N2O/c1-4-11-5-6-13-12(7-11)15-14(9-17)16(13)8-10(2)3/h5-7,10,17H,4,8-9H2,1-3H3. The Kier molecular flexibility index (Phi) is 3.48. The van der Waals surface area contributed by atoms with Crippen molar-refractivity contribution in [3.8, 4) is 0 Å². The Morgan fingerprint density at radius 3 is 2.71 bits per heavy atom. The highest BCUT2D eigenvalue weighted by Crippen LogP contribution is 2.20. The summed E-state index contributed by atoms with van der Waals surface area (Å²) in [5, 5.41) is 9.38. The van der Waals surface area contributed by atoms with Crippen molar-refractivity contribution in [3.63, 3.8) is 0 Å². The summed E-state index contributed by atoms with van der Waals surface area (Å²) in [5.41, 5.74) is 3.41. The summed E-state index contributed by atoms with van der Waals surface area (Å²) >= 11 is 0. The maximum absolute atomic E-state index is 9.38. The van der Waals surface area contributed by atoms with E-state index in [0.717, 1.165) is 29.8 Å². The fraction of sp³-hybridized carbons (Fsp3) is 0.500. The lowest BCUT2D eigenvalue weighted by Crippen LogP contribution is -2.08. The number of aliphatic hydroxyl groups is 1. The Labute approximate surface area is 102 Å². The van der Waals surface area contributed by atoms with Crippen LogP contribution in [0.25, 0.3) is 11.0 Å². The molecule has 0 radical (unpaired) electrons. The smallest absolute Gasteiger partial charge is 0.135 e. The molecule has 1 aromatic carbocycles. The van der Waals surface area contributed by atoms with Gasteiger partial charge in [-0.1, -0.05) is 26.8 Å². The topological polar surface area (TPSA) is 38.1 Å². The second-order valence-corrected chi connectivity index (χ2v) is 4.87. The van der Waals surface area contributed by atoms with E-state index >= 15 is 0 Å². The number of aromatic nitrogens is 2. The molecule has 0 aliphatic carbocycles. The second-order valence-electron chi connectivity index (χ2n) is 4.87. The third kappa shape index (κ3) is 2.34. The summed E-state index contributed by atoms with van der Waals surface area (Å²) in [6.45, 7) is 7.39. The Bertz CT molecular complexity index is 514. The summed E-state index contributed by atoms with van der Waals surface area (Å²) in [6, 6.07) is 6.37. The summed E-state index contributed by atoms with van der Waals surface area (Å²) in [4.78, 5) is 4.51. The van der Waals surface area contributed by atoms with Gasteiger partial charge in [-0.05, 0) is 30.0 Å². The van der Waals surface area contributed by atoms with Gasteiger partial charge in [-0.25, -0.2) is 4.98 Å². The zero-order valence-corrected chi connectivity index (χ0v) is 10.8. The SMILES string of the molecule is CCc1ccc2c(c1)nc(CO)n2CC(C)C. The maximum atomic E-state index is 9.38. The van der Waals surface area contributed by atoms with Crippen LogP contribution in [0.1, 0.15) is 32.2 Å². The lowest BCUT2D eigenvalue weighted by atomic mass is 10.1. The van der Waals surface area contributed by atoms with Crippen molar-refractivity contribution in [2.75, 3.05) is 0 Å². The van der Waals surface area contributed by atoms with Crippen LogP contribution in [0.5, 0.6) is 0 Å². The molecule has 0 aliphatic rings. The number of imidazole rings is 1. The van der Waals surface area contributed by atoms with Crippen LogP contribution in [-0.4, -0.2) is 14.7 Å². The summed E-state index contributed by atoms with van der Waals surface area (Å²) in [6.07, 6.45) is 1.02. The molecule has 0 aliphatic heterocycles. The highest BCUT2D eigenvalue weighted by Gasteiger charge is 2.11. The average Bonchev–Trinajstić information content (AvgIpc) is 2.65. The lowest BCUT2D eigenvalue weighted by molar-refractivity contribution is 0.263. The van der Waals surface area contributed by atoms with Crippen LogP contribution < -0.4 is 0 Å². The van der Waals surface area contributed by atoms with Gasteiger partial charge in [0, 0.05) is 6.54 Å². The molecule has 0 fully saturated rings. The van der Waals surface area contributed by atoms with Crippen LogP contribution >= 0.6 is 0 Å². The van der Waals surface area contributed by atoms with Crippen molar-refractivity contribution in [2.24, 2.45) is 5.92 Å². The van der Waals surface area contributed by atoms with Crippen LogP contribution in [0.4, 0.5) is 0 Å². The first-order valence-corrected chi connectivity index (χ1v) is 6.24. The highest BCUT2D eigenvalue weighted by atomic mass is 16.3. The molecule has 1 N–H and O–H groups in total. The normalized spacial score (nSPS) is 11.6. The number of aryl methyl sites for hydroxylation is 1. The molecule has 92 valence electrons. The molecular formula is C14H20N2O. The molecule has 0 amide bonds. The second kappa shape index (κ2) is 4.88. The third-order valence-corrected chi connectivity index (χ3v) is 2.99. The van der Waals surface area contributed by atoms with Gasteiger partial charge in [0.15, 0.2) is 0 Å². The predicted molar refractivity (Wildman–Crippen MR) is 69.9 cm³/mol. The first kappa shape index (κ1) is 12.1. The minimum atomic E-state index is 0.00284. The molecule has 0 atom stereocenters. The van der Waals surface area contributed by atoms with Crippen LogP contribution in [0.3, 0.4) is 0 Å². The fourth-order valence-electron chi connectivity index (χ4n) is 2.13. The number of aliphatic hydroxyl groups excluding tert-OH is 1. The van der Waals surface area contributed by atoms with Crippen molar-refractivity contribution in [3.05, 3.63) is 29.6 Å². The minimum absolute atomic E-state index is 0.00284. The largest absolute Gasteiger partial charge is 0.388 e. The maximum Gasteiger partial charge on any atom is 0.135 e. The van der Waals surface area contributed by atoms with Crippen molar-refractivity contribution in [1.82, 2.24) is 9.55 Å². The number of rotatable bonds is 4. The molecule has 0 saturated heterocycles. The number of hydrogen-bond acceptors (Lipinski definition) is 2. The summed E-state index contributed by atoms with van der Waals surface area (Å²) in [5.74, 6) is 1.31. The van der Waals surface area contributed by atoms with Gasteiger partial charge in [0.25, 0.3) is 0 Å². The molecule has 3 heteroatoms. The monoisotopic (exact) mass is 232 g/mol. The average molecular weight is 232 g/mol. The number of nitrogens with zero attached hydrogens (tertiary/aromatic N) is 2. The Morgan fingerprint density at radius 2 is 2.12 bits per heavy atom. The van der Waals surface area contributed by atoms with Gasteiger partial charge >= 0.3 is 0 Å². The van der Waals surface area contributed by atoms with Gasteiger partial charge in [-0.2, -0.15) is 0 Å². The Morgan fingerprint density at radius 1 is 1.35 bits per heavy atom. The van der Waals surface area contributed by atoms with Crippen LogP contribution in [0.2, 0.25) is 0 Å². The van der Waals surface area contributed by atoms with E-state index in [0.29, 0.717) is 5.92 Å². The zero-order valence-electron chi connectivity index (χ0n) is 10.8. The number of hydrogen-bond donors (Lipinski definition) is 1. The molecule has 17 heavy (non-hydrogen) atoms. The van der Waals surface area contributed by atoms with Crippen LogP contribution in [0.15, 0.2) is 18.2 Å². The van der Waals surface area contributed by atoms with Crippen molar-refractivity contribution < 1.29 is 5.11 Å². The number of fused-ring (bicyclic) bond motifs is 1. The minimum Gasteiger partial charge on any atom is -0.388 e. The van der Waals surface area contributed by atoms with E-state index in [1.165, 1.54) is 5.56 Å². The molecule has 0 bridgehead atoms. The van der Waals surface area contributed by atoms with E-state index in [-0.39, 0.29) is 6.61 Å². The van der Waals surface area contributed by atoms with E-state index in [1.54, 1.807) is 0 Å².